The number of carboxylic acid groups (broad SMARTS) is 1. The fourth-order valence-electron chi connectivity index (χ4n) is 2.80. The van der Waals surface area contributed by atoms with Gasteiger partial charge in [-0.15, -0.1) is 0 Å². The smallest absolute Gasteiger partial charge is 0.306 e. The zero-order chi connectivity index (χ0) is 14.7. The molecule has 1 aliphatic rings. The molecule has 1 aromatic carbocycles. The molecule has 1 saturated carbocycles. The first-order valence-corrected chi connectivity index (χ1v) is 7.07. The van der Waals surface area contributed by atoms with Crippen LogP contribution in [0.15, 0.2) is 24.3 Å². The molecule has 1 aromatic rings. The molecule has 0 aliphatic heterocycles. The average Bonchev–Trinajstić information content (AvgIpc) is 2.88. The van der Waals surface area contributed by atoms with Crippen LogP contribution in [0.25, 0.3) is 0 Å². The van der Waals surface area contributed by atoms with Crippen LogP contribution in [0.3, 0.4) is 0 Å². The molecule has 1 aliphatic carbocycles. The van der Waals surface area contributed by atoms with Gasteiger partial charge in [-0.25, -0.2) is 0 Å². The van der Waals surface area contributed by atoms with Crippen molar-refractivity contribution in [1.82, 2.24) is 5.32 Å². The van der Waals surface area contributed by atoms with Gasteiger partial charge in [-0.1, -0.05) is 29.8 Å². The first-order chi connectivity index (χ1) is 9.47. The lowest BCUT2D eigenvalue weighted by molar-refractivity contribution is -0.141. The van der Waals surface area contributed by atoms with E-state index in [4.69, 9.17) is 5.11 Å². The number of hydrogen-bond donors (Lipinski definition) is 2. The minimum Gasteiger partial charge on any atom is -0.481 e. The lowest BCUT2D eigenvalue weighted by Gasteiger charge is -2.18. The summed E-state index contributed by atoms with van der Waals surface area (Å²) in [5.74, 6) is -1.34. The van der Waals surface area contributed by atoms with Gasteiger partial charge in [-0.05, 0) is 38.7 Å². The van der Waals surface area contributed by atoms with Gasteiger partial charge in [-0.2, -0.15) is 0 Å². The molecule has 4 nitrogen and oxygen atoms in total. The average molecular weight is 275 g/mol. The maximum atomic E-state index is 12.2. The van der Waals surface area contributed by atoms with Crippen LogP contribution in [0.1, 0.15) is 43.4 Å². The quantitative estimate of drug-likeness (QED) is 0.887. The zero-order valence-electron chi connectivity index (χ0n) is 11.9. The summed E-state index contributed by atoms with van der Waals surface area (Å²) in [6.07, 6.45) is 1.73. The fraction of sp³-hybridized carbons (Fsp3) is 0.500. The predicted octanol–water partition coefficient (Wildman–Crippen LogP) is 2.67. The van der Waals surface area contributed by atoms with Crippen molar-refractivity contribution >= 4 is 11.9 Å². The number of amides is 1. The molecule has 1 fully saturated rings. The second-order valence-corrected chi connectivity index (χ2v) is 5.69. The van der Waals surface area contributed by atoms with E-state index in [9.17, 15) is 9.59 Å². The van der Waals surface area contributed by atoms with Gasteiger partial charge in [0.25, 0.3) is 0 Å². The Morgan fingerprint density at radius 1 is 1.30 bits per heavy atom. The van der Waals surface area contributed by atoms with Gasteiger partial charge in [0.15, 0.2) is 0 Å². The largest absolute Gasteiger partial charge is 0.481 e. The molecule has 4 heteroatoms. The minimum absolute atomic E-state index is 0.0252. The Bertz CT molecular complexity index is 512. The van der Waals surface area contributed by atoms with Crippen LogP contribution in [-0.4, -0.2) is 17.0 Å². The van der Waals surface area contributed by atoms with Crippen LogP contribution >= 0.6 is 0 Å². The highest BCUT2D eigenvalue weighted by molar-refractivity contribution is 5.81. The van der Waals surface area contributed by atoms with Crippen LogP contribution in [0.2, 0.25) is 0 Å². The Labute approximate surface area is 119 Å². The highest BCUT2D eigenvalue weighted by Crippen LogP contribution is 2.31. The van der Waals surface area contributed by atoms with Crippen molar-refractivity contribution in [3.63, 3.8) is 0 Å². The van der Waals surface area contributed by atoms with Gasteiger partial charge < -0.3 is 10.4 Å². The molecular formula is C16H21NO3. The first kappa shape index (κ1) is 14.6. The number of carboxylic acids is 1. The number of aryl methyl sites for hydroxylation is 1. The van der Waals surface area contributed by atoms with Crippen molar-refractivity contribution in [3.05, 3.63) is 35.4 Å². The van der Waals surface area contributed by atoms with Crippen molar-refractivity contribution in [2.45, 2.75) is 39.2 Å². The third kappa shape index (κ3) is 3.38. The molecule has 0 aromatic heterocycles. The van der Waals surface area contributed by atoms with Crippen LogP contribution < -0.4 is 5.32 Å². The standard InChI is InChI=1S/C16H21NO3/c1-10-4-3-5-12(8-10)11(2)17-15(18)13-6-7-14(9-13)16(19)20/h3-5,8,11,13-14H,6-7,9H2,1-2H3,(H,17,18)(H,19,20)/t11-,13?,14?/m1/s1. The summed E-state index contributed by atoms with van der Waals surface area (Å²) in [5, 5.41) is 12.0. The molecular weight excluding hydrogens is 254 g/mol. The highest BCUT2D eigenvalue weighted by atomic mass is 16.4. The van der Waals surface area contributed by atoms with Crippen LogP contribution in [0, 0.1) is 18.8 Å². The summed E-state index contributed by atoms with van der Waals surface area (Å²) in [7, 11) is 0. The maximum Gasteiger partial charge on any atom is 0.306 e. The second-order valence-electron chi connectivity index (χ2n) is 5.69. The zero-order valence-corrected chi connectivity index (χ0v) is 11.9. The van der Waals surface area contributed by atoms with Crippen LogP contribution in [0.5, 0.6) is 0 Å². The molecule has 2 rings (SSSR count). The molecule has 0 spiro atoms. The number of rotatable bonds is 4. The van der Waals surface area contributed by atoms with Gasteiger partial charge in [0.05, 0.1) is 12.0 Å². The Kier molecular flexibility index (Phi) is 4.42. The van der Waals surface area contributed by atoms with E-state index in [0.29, 0.717) is 19.3 Å². The SMILES string of the molecule is Cc1cccc([C@@H](C)NC(=O)C2CCC(C(=O)O)C2)c1. The van der Waals surface area contributed by atoms with E-state index in [1.54, 1.807) is 0 Å². The first-order valence-electron chi connectivity index (χ1n) is 7.07. The number of carbonyl (C=O) groups is 2. The Hall–Kier alpha value is -1.84. The van der Waals surface area contributed by atoms with Crippen molar-refractivity contribution in [3.8, 4) is 0 Å². The normalized spacial score (nSPS) is 23.3. The van der Waals surface area contributed by atoms with E-state index in [0.717, 1.165) is 11.1 Å². The molecule has 2 unspecified atom stereocenters. The molecule has 108 valence electrons. The van der Waals surface area contributed by atoms with Crippen molar-refractivity contribution in [1.29, 1.82) is 0 Å². The Balaban J connectivity index is 1.93. The van der Waals surface area contributed by atoms with Crippen molar-refractivity contribution in [2.75, 3.05) is 0 Å². The van der Waals surface area contributed by atoms with Crippen molar-refractivity contribution < 1.29 is 14.7 Å². The topological polar surface area (TPSA) is 66.4 Å². The number of benzene rings is 1. The van der Waals surface area contributed by atoms with Crippen molar-refractivity contribution in [2.24, 2.45) is 11.8 Å². The number of nitrogens with one attached hydrogen (secondary N) is 1. The lowest BCUT2D eigenvalue weighted by Crippen LogP contribution is -2.32. The molecule has 0 heterocycles. The van der Waals surface area contributed by atoms with Gasteiger partial charge in [0, 0.05) is 5.92 Å². The molecule has 1 amide bonds. The summed E-state index contributed by atoms with van der Waals surface area (Å²) in [6.45, 7) is 3.97. The summed E-state index contributed by atoms with van der Waals surface area (Å²) in [6, 6.07) is 7.99. The molecule has 0 saturated heterocycles. The van der Waals surface area contributed by atoms with E-state index in [1.807, 2.05) is 32.0 Å². The molecule has 2 N–H and O–H groups in total. The molecule has 0 radical (unpaired) electrons. The summed E-state index contributed by atoms with van der Waals surface area (Å²) in [4.78, 5) is 23.1. The Morgan fingerprint density at radius 3 is 2.60 bits per heavy atom. The minimum atomic E-state index is -0.785. The third-order valence-electron chi connectivity index (χ3n) is 4.05. The maximum absolute atomic E-state index is 12.2. The third-order valence-corrected chi connectivity index (χ3v) is 4.05. The van der Waals surface area contributed by atoms with E-state index < -0.39 is 5.97 Å². The predicted molar refractivity (Wildman–Crippen MR) is 76.2 cm³/mol. The van der Waals surface area contributed by atoms with Gasteiger partial charge in [0.2, 0.25) is 5.91 Å². The Morgan fingerprint density at radius 2 is 2.00 bits per heavy atom. The van der Waals surface area contributed by atoms with Gasteiger partial charge >= 0.3 is 5.97 Å². The number of aliphatic carboxylic acids is 1. The highest BCUT2D eigenvalue weighted by Gasteiger charge is 2.34. The van der Waals surface area contributed by atoms with E-state index in [2.05, 4.69) is 11.4 Å². The van der Waals surface area contributed by atoms with Crippen LogP contribution in [0.4, 0.5) is 0 Å². The summed E-state index contributed by atoms with van der Waals surface area (Å²) in [5.41, 5.74) is 2.24. The number of carbonyl (C=O) groups excluding carboxylic acids is 1. The lowest BCUT2D eigenvalue weighted by atomic mass is 10.0. The van der Waals surface area contributed by atoms with E-state index in [1.165, 1.54) is 0 Å². The summed E-state index contributed by atoms with van der Waals surface area (Å²) >= 11 is 0. The van der Waals surface area contributed by atoms with Gasteiger partial charge in [-0.3, -0.25) is 9.59 Å². The van der Waals surface area contributed by atoms with E-state index in [-0.39, 0.29) is 23.8 Å². The second kappa shape index (κ2) is 6.07. The van der Waals surface area contributed by atoms with Gasteiger partial charge in [0.1, 0.15) is 0 Å². The number of hydrogen-bond acceptors (Lipinski definition) is 2. The molecule has 3 atom stereocenters. The fourth-order valence-corrected chi connectivity index (χ4v) is 2.80. The van der Waals surface area contributed by atoms with Crippen LogP contribution in [-0.2, 0) is 9.59 Å². The monoisotopic (exact) mass is 275 g/mol. The molecule has 0 bridgehead atoms. The van der Waals surface area contributed by atoms with E-state index >= 15 is 0 Å². The summed E-state index contributed by atoms with van der Waals surface area (Å²) < 4.78 is 0. The molecule has 20 heavy (non-hydrogen) atoms.